The minimum atomic E-state index is 0.480. The maximum atomic E-state index is 4.27. The summed E-state index contributed by atoms with van der Waals surface area (Å²) >= 11 is 1.82. The highest BCUT2D eigenvalue weighted by atomic mass is 32.1. The van der Waals surface area contributed by atoms with E-state index in [1.54, 1.807) is 0 Å². The van der Waals surface area contributed by atoms with E-state index in [9.17, 15) is 0 Å². The predicted molar refractivity (Wildman–Crippen MR) is 57.8 cm³/mol. The van der Waals surface area contributed by atoms with Gasteiger partial charge < -0.3 is 9.88 Å². The Bertz CT molecular complexity index is 418. The zero-order valence-corrected chi connectivity index (χ0v) is 8.50. The van der Waals surface area contributed by atoms with Crippen LogP contribution in [0.3, 0.4) is 0 Å². The molecule has 3 heterocycles. The van der Waals surface area contributed by atoms with E-state index < -0.39 is 0 Å². The molecule has 72 valence electrons. The van der Waals surface area contributed by atoms with Gasteiger partial charge in [-0.05, 0) is 17.9 Å². The van der Waals surface area contributed by atoms with Crippen LogP contribution in [0.2, 0.25) is 0 Å². The molecule has 14 heavy (non-hydrogen) atoms. The first-order valence-corrected chi connectivity index (χ1v) is 5.63. The molecule has 1 N–H and O–H groups in total. The van der Waals surface area contributed by atoms with Crippen molar-refractivity contribution in [3.63, 3.8) is 0 Å². The van der Waals surface area contributed by atoms with Gasteiger partial charge in [-0.15, -0.1) is 11.3 Å². The Morgan fingerprint density at radius 3 is 3.43 bits per heavy atom. The first kappa shape index (κ1) is 8.05. The average Bonchev–Trinajstić information content (AvgIpc) is 2.88. The Morgan fingerprint density at radius 1 is 1.57 bits per heavy atom. The number of imidazole rings is 1. The van der Waals surface area contributed by atoms with Crippen LogP contribution in [-0.4, -0.2) is 16.1 Å². The third kappa shape index (κ3) is 1.14. The number of hydrogen-bond donors (Lipinski definition) is 1. The number of nitrogens with one attached hydrogen (secondary N) is 1. The molecule has 0 bridgehead atoms. The smallest absolute Gasteiger partial charge is 0.203 e. The molecule has 2 aromatic heterocycles. The van der Waals surface area contributed by atoms with Crippen LogP contribution in [0, 0.1) is 0 Å². The second kappa shape index (κ2) is 3.13. The third-order valence-corrected chi connectivity index (χ3v) is 3.55. The monoisotopic (exact) mass is 205 g/mol. The largest absolute Gasteiger partial charge is 0.356 e. The Hall–Kier alpha value is -1.29. The Balaban J connectivity index is 2.04. The molecule has 1 unspecified atom stereocenters. The van der Waals surface area contributed by atoms with E-state index in [4.69, 9.17) is 0 Å². The molecule has 0 aromatic carbocycles. The summed E-state index contributed by atoms with van der Waals surface area (Å²) in [5, 5.41) is 5.42. The molecule has 0 fully saturated rings. The third-order valence-electron chi connectivity index (χ3n) is 2.58. The highest BCUT2D eigenvalue weighted by molar-refractivity contribution is 7.10. The number of thiophene rings is 1. The number of nitrogens with zero attached hydrogens (tertiary/aromatic N) is 2. The van der Waals surface area contributed by atoms with Gasteiger partial charge in [-0.2, -0.15) is 0 Å². The highest BCUT2D eigenvalue weighted by Gasteiger charge is 2.21. The van der Waals surface area contributed by atoms with E-state index >= 15 is 0 Å². The van der Waals surface area contributed by atoms with Crippen molar-refractivity contribution in [3.05, 3.63) is 34.8 Å². The van der Waals surface area contributed by atoms with E-state index in [-0.39, 0.29) is 0 Å². The lowest BCUT2D eigenvalue weighted by Crippen LogP contribution is -2.22. The molecule has 4 heteroatoms. The second-order valence-electron chi connectivity index (χ2n) is 3.40. The summed E-state index contributed by atoms with van der Waals surface area (Å²) in [4.78, 5) is 5.70. The van der Waals surface area contributed by atoms with Crippen molar-refractivity contribution in [2.45, 2.75) is 12.5 Å². The average molecular weight is 205 g/mol. The fourth-order valence-electron chi connectivity index (χ4n) is 1.92. The number of aromatic nitrogens is 2. The molecule has 1 aliphatic heterocycles. The van der Waals surface area contributed by atoms with Crippen LogP contribution in [-0.2, 0) is 0 Å². The molecular weight excluding hydrogens is 194 g/mol. The Labute approximate surface area is 86.4 Å². The topological polar surface area (TPSA) is 29.9 Å². The molecule has 3 nitrogen and oxygen atoms in total. The van der Waals surface area contributed by atoms with Crippen LogP contribution in [0.25, 0.3) is 0 Å². The Kier molecular flexibility index (Phi) is 1.80. The molecule has 0 spiro atoms. The van der Waals surface area contributed by atoms with Crippen molar-refractivity contribution in [2.75, 3.05) is 11.9 Å². The molecule has 1 aliphatic rings. The van der Waals surface area contributed by atoms with E-state index in [1.165, 1.54) is 4.88 Å². The normalized spacial score (nSPS) is 20.1. The maximum Gasteiger partial charge on any atom is 0.203 e. The fourth-order valence-corrected chi connectivity index (χ4v) is 2.78. The van der Waals surface area contributed by atoms with E-state index in [2.05, 4.69) is 32.4 Å². The van der Waals surface area contributed by atoms with Crippen molar-refractivity contribution in [3.8, 4) is 0 Å². The zero-order valence-electron chi connectivity index (χ0n) is 7.68. The Morgan fingerprint density at radius 2 is 2.57 bits per heavy atom. The first-order valence-electron chi connectivity index (χ1n) is 4.75. The van der Waals surface area contributed by atoms with Crippen molar-refractivity contribution in [2.24, 2.45) is 0 Å². The molecule has 0 saturated heterocycles. The summed E-state index contributed by atoms with van der Waals surface area (Å²) in [6.07, 6.45) is 5.05. The van der Waals surface area contributed by atoms with Gasteiger partial charge in [-0.25, -0.2) is 4.98 Å². The molecule has 2 aromatic rings. The molecule has 0 saturated carbocycles. The summed E-state index contributed by atoms with van der Waals surface area (Å²) < 4.78 is 2.22. The van der Waals surface area contributed by atoms with Gasteiger partial charge in [0.15, 0.2) is 0 Å². The molecule has 0 radical (unpaired) electrons. The van der Waals surface area contributed by atoms with Crippen molar-refractivity contribution in [1.82, 2.24) is 9.55 Å². The van der Waals surface area contributed by atoms with Gasteiger partial charge in [0.05, 0.1) is 6.04 Å². The van der Waals surface area contributed by atoms with E-state index in [0.29, 0.717) is 6.04 Å². The van der Waals surface area contributed by atoms with Gasteiger partial charge in [-0.3, -0.25) is 0 Å². The SMILES string of the molecule is c1csc(C2CCNc3nccn32)c1. The quantitative estimate of drug-likeness (QED) is 0.774. The summed E-state index contributed by atoms with van der Waals surface area (Å²) in [5.74, 6) is 0.995. The van der Waals surface area contributed by atoms with Gasteiger partial charge >= 0.3 is 0 Å². The summed E-state index contributed by atoms with van der Waals surface area (Å²) in [7, 11) is 0. The summed E-state index contributed by atoms with van der Waals surface area (Å²) in [5.41, 5.74) is 0. The van der Waals surface area contributed by atoms with Gasteiger partial charge in [0.25, 0.3) is 0 Å². The van der Waals surface area contributed by atoms with Crippen molar-refractivity contribution in [1.29, 1.82) is 0 Å². The number of fused-ring (bicyclic) bond motifs is 1. The fraction of sp³-hybridized carbons (Fsp3) is 0.300. The summed E-state index contributed by atoms with van der Waals surface area (Å²) in [6.45, 7) is 1.01. The van der Waals surface area contributed by atoms with Gasteiger partial charge in [-0.1, -0.05) is 6.07 Å². The zero-order chi connectivity index (χ0) is 9.38. The van der Waals surface area contributed by atoms with Crippen LogP contribution >= 0.6 is 11.3 Å². The summed E-state index contributed by atoms with van der Waals surface area (Å²) in [6, 6.07) is 4.79. The number of hydrogen-bond acceptors (Lipinski definition) is 3. The molecule has 0 amide bonds. The molecular formula is C10H11N3S. The number of anilines is 1. The van der Waals surface area contributed by atoms with Crippen LogP contribution in [0.15, 0.2) is 29.9 Å². The highest BCUT2D eigenvalue weighted by Crippen LogP contribution is 2.31. The standard InChI is InChI=1S/C10H11N3S/c1-2-9(14-7-1)8-3-4-11-10-12-5-6-13(8)10/h1-2,5-8H,3-4H2,(H,11,12). The molecule has 1 atom stereocenters. The minimum Gasteiger partial charge on any atom is -0.356 e. The van der Waals surface area contributed by atoms with Crippen LogP contribution in [0.1, 0.15) is 17.3 Å². The number of rotatable bonds is 1. The van der Waals surface area contributed by atoms with Crippen molar-refractivity contribution < 1.29 is 0 Å². The first-order chi connectivity index (χ1) is 6.95. The van der Waals surface area contributed by atoms with E-state index in [0.717, 1.165) is 18.9 Å². The van der Waals surface area contributed by atoms with Gasteiger partial charge in [0.2, 0.25) is 5.95 Å². The van der Waals surface area contributed by atoms with Gasteiger partial charge in [0, 0.05) is 23.8 Å². The maximum absolute atomic E-state index is 4.27. The van der Waals surface area contributed by atoms with Crippen LogP contribution in [0.5, 0.6) is 0 Å². The second-order valence-corrected chi connectivity index (χ2v) is 4.38. The lowest BCUT2D eigenvalue weighted by atomic mass is 10.1. The van der Waals surface area contributed by atoms with Crippen molar-refractivity contribution >= 4 is 17.3 Å². The van der Waals surface area contributed by atoms with Gasteiger partial charge in [0.1, 0.15) is 0 Å². The lowest BCUT2D eigenvalue weighted by Gasteiger charge is -2.25. The van der Waals surface area contributed by atoms with Crippen LogP contribution in [0.4, 0.5) is 5.95 Å². The van der Waals surface area contributed by atoms with E-state index in [1.807, 2.05) is 23.7 Å². The van der Waals surface area contributed by atoms with Crippen LogP contribution < -0.4 is 5.32 Å². The molecule has 3 rings (SSSR count). The predicted octanol–water partition coefficient (Wildman–Crippen LogP) is 2.35. The minimum absolute atomic E-state index is 0.480. The lowest BCUT2D eigenvalue weighted by molar-refractivity contribution is 0.538. The molecule has 0 aliphatic carbocycles.